The van der Waals surface area contributed by atoms with Crippen LogP contribution >= 0.6 is 0 Å². The smallest absolute Gasteiger partial charge is 0.255 e. The van der Waals surface area contributed by atoms with Gasteiger partial charge >= 0.3 is 0 Å². The first-order chi connectivity index (χ1) is 10.1. The SMILES string of the molecule is CCC(C)n1c2c(cc(CNC3CC3)c1=O)CN(C)CC2. The summed E-state index contributed by atoms with van der Waals surface area (Å²) in [7, 11) is 2.16. The van der Waals surface area contributed by atoms with Crippen LogP contribution in [0.2, 0.25) is 0 Å². The lowest BCUT2D eigenvalue weighted by Crippen LogP contribution is -2.37. The minimum atomic E-state index is 0.223. The predicted octanol–water partition coefficient (Wildman–Crippen LogP) is 2.06. The van der Waals surface area contributed by atoms with Crippen molar-refractivity contribution in [2.45, 2.75) is 64.7 Å². The van der Waals surface area contributed by atoms with Crippen LogP contribution in [0.1, 0.15) is 56.0 Å². The van der Waals surface area contributed by atoms with E-state index in [2.05, 4.69) is 41.7 Å². The molecule has 2 aliphatic rings. The molecule has 1 N–H and O–H groups in total. The van der Waals surface area contributed by atoms with E-state index in [4.69, 9.17) is 0 Å². The maximum Gasteiger partial charge on any atom is 0.255 e. The van der Waals surface area contributed by atoms with Gasteiger partial charge in [-0.25, -0.2) is 0 Å². The molecule has 3 rings (SSSR count). The van der Waals surface area contributed by atoms with Crippen molar-refractivity contribution < 1.29 is 0 Å². The molecule has 1 aromatic rings. The van der Waals surface area contributed by atoms with Gasteiger partial charge in [-0.15, -0.1) is 0 Å². The molecule has 2 heterocycles. The van der Waals surface area contributed by atoms with Gasteiger partial charge in [-0.3, -0.25) is 4.79 Å². The molecule has 4 heteroatoms. The van der Waals surface area contributed by atoms with E-state index in [1.807, 2.05) is 0 Å². The van der Waals surface area contributed by atoms with Gasteiger partial charge in [-0.1, -0.05) is 6.92 Å². The van der Waals surface area contributed by atoms with Crippen LogP contribution in [0.3, 0.4) is 0 Å². The summed E-state index contributed by atoms with van der Waals surface area (Å²) in [5.74, 6) is 0. The number of hydrogen-bond donors (Lipinski definition) is 1. The maximum absolute atomic E-state index is 12.9. The average Bonchev–Trinajstić information content (AvgIpc) is 3.29. The van der Waals surface area contributed by atoms with Gasteiger partial charge in [-0.2, -0.15) is 0 Å². The molecule has 1 aliphatic heterocycles. The largest absolute Gasteiger partial charge is 0.310 e. The fraction of sp³-hybridized carbons (Fsp3) is 0.706. The summed E-state index contributed by atoms with van der Waals surface area (Å²) in [5, 5.41) is 3.49. The van der Waals surface area contributed by atoms with Gasteiger partial charge in [-0.05, 0) is 44.9 Å². The standard InChI is InChI=1S/C17H27N3O/c1-4-12(2)20-16-7-8-19(3)11-14(16)9-13(17(20)21)10-18-15-5-6-15/h9,12,15,18H,4-8,10-11H2,1-3H3. The van der Waals surface area contributed by atoms with E-state index in [1.165, 1.54) is 24.1 Å². The molecule has 1 aromatic heterocycles. The Balaban J connectivity index is 2.00. The Morgan fingerprint density at radius 3 is 2.86 bits per heavy atom. The van der Waals surface area contributed by atoms with Crippen molar-refractivity contribution in [1.82, 2.24) is 14.8 Å². The molecule has 0 spiro atoms. The van der Waals surface area contributed by atoms with Crippen molar-refractivity contribution >= 4 is 0 Å². The van der Waals surface area contributed by atoms with Gasteiger partial charge in [0.2, 0.25) is 0 Å². The normalized spacial score (nSPS) is 20.3. The predicted molar refractivity (Wildman–Crippen MR) is 85.6 cm³/mol. The average molecular weight is 289 g/mol. The lowest BCUT2D eigenvalue weighted by Gasteiger charge is -2.30. The Bertz CT molecular complexity index is 574. The first kappa shape index (κ1) is 14.8. The summed E-state index contributed by atoms with van der Waals surface area (Å²) in [4.78, 5) is 15.2. The van der Waals surface area contributed by atoms with Gasteiger partial charge in [0.15, 0.2) is 0 Å². The zero-order valence-electron chi connectivity index (χ0n) is 13.5. The summed E-state index contributed by atoms with van der Waals surface area (Å²) in [6, 6.07) is 3.08. The summed E-state index contributed by atoms with van der Waals surface area (Å²) in [6.45, 7) is 7.05. The number of likely N-dealkylation sites (N-methyl/N-ethyl adjacent to an activating group) is 1. The van der Waals surface area contributed by atoms with E-state index in [-0.39, 0.29) is 11.6 Å². The fourth-order valence-corrected chi connectivity index (χ4v) is 3.19. The minimum Gasteiger partial charge on any atom is -0.310 e. The van der Waals surface area contributed by atoms with Crippen molar-refractivity contribution in [2.24, 2.45) is 0 Å². The van der Waals surface area contributed by atoms with Crippen molar-refractivity contribution in [1.29, 1.82) is 0 Å². The number of rotatable bonds is 5. The molecule has 1 saturated carbocycles. The van der Waals surface area contributed by atoms with E-state index in [0.29, 0.717) is 6.04 Å². The van der Waals surface area contributed by atoms with Crippen LogP contribution in [0.4, 0.5) is 0 Å². The molecular weight excluding hydrogens is 262 g/mol. The van der Waals surface area contributed by atoms with E-state index in [0.717, 1.165) is 38.0 Å². The van der Waals surface area contributed by atoms with Gasteiger partial charge in [0.1, 0.15) is 0 Å². The molecular formula is C17H27N3O. The number of pyridine rings is 1. The Labute approximate surface area is 127 Å². The van der Waals surface area contributed by atoms with E-state index < -0.39 is 0 Å². The summed E-state index contributed by atoms with van der Waals surface area (Å²) in [5.41, 5.74) is 3.77. The molecule has 1 fully saturated rings. The van der Waals surface area contributed by atoms with Crippen molar-refractivity contribution in [3.63, 3.8) is 0 Å². The number of nitrogens with zero attached hydrogens (tertiary/aromatic N) is 2. The highest BCUT2D eigenvalue weighted by Crippen LogP contribution is 2.23. The lowest BCUT2D eigenvalue weighted by atomic mass is 10.0. The fourth-order valence-electron chi connectivity index (χ4n) is 3.19. The second-order valence-corrected chi connectivity index (χ2v) is 6.72. The van der Waals surface area contributed by atoms with Crippen molar-refractivity contribution in [2.75, 3.05) is 13.6 Å². The summed E-state index contributed by atoms with van der Waals surface area (Å²) >= 11 is 0. The molecule has 1 unspecified atom stereocenters. The third kappa shape index (κ3) is 3.06. The van der Waals surface area contributed by atoms with Crippen LogP contribution in [0, 0.1) is 0 Å². The Hall–Kier alpha value is -1.13. The second kappa shape index (κ2) is 5.93. The Kier molecular flexibility index (Phi) is 4.18. The van der Waals surface area contributed by atoms with Gasteiger partial charge < -0.3 is 14.8 Å². The maximum atomic E-state index is 12.9. The van der Waals surface area contributed by atoms with Crippen LogP contribution in [0.25, 0.3) is 0 Å². The zero-order valence-corrected chi connectivity index (χ0v) is 13.5. The number of aromatic nitrogens is 1. The van der Waals surface area contributed by atoms with Gasteiger partial charge in [0, 0.05) is 49.4 Å². The number of fused-ring (bicyclic) bond motifs is 1. The van der Waals surface area contributed by atoms with Crippen LogP contribution in [-0.2, 0) is 19.5 Å². The number of nitrogens with one attached hydrogen (secondary N) is 1. The summed E-state index contributed by atoms with van der Waals surface area (Å²) < 4.78 is 2.08. The topological polar surface area (TPSA) is 37.3 Å². The lowest BCUT2D eigenvalue weighted by molar-refractivity contribution is 0.299. The van der Waals surface area contributed by atoms with Crippen LogP contribution in [0.15, 0.2) is 10.9 Å². The third-order valence-corrected chi connectivity index (χ3v) is 4.86. The molecule has 116 valence electrons. The highest BCUT2D eigenvalue weighted by atomic mass is 16.1. The highest BCUT2D eigenvalue weighted by molar-refractivity contribution is 5.29. The number of hydrogen-bond acceptors (Lipinski definition) is 3. The third-order valence-electron chi connectivity index (χ3n) is 4.86. The molecule has 1 atom stereocenters. The first-order valence-corrected chi connectivity index (χ1v) is 8.28. The molecule has 1 aliphatic carbocycles. The van der Waals surface area contributed by atoms with Crippen LogP contribution in [-0.4, -0.2) is 29.1 Å². The molecule has 21 heavy (non-hydrogen) atoms. The van der Waals surface area contributed by atoms with E-state index >= 15 is 0 Å². The van der Waals surface area contributed by atoms with Crippen molar-refractivity contribution in [3.8, 4) is 0 Å². The van der Waals surface area contributed by atoms with Crippen LogP contribution in [0.5, 0.6) is 0 Å². The van der Waals surface area contributed by atoms with Gasteiger partial charge in [0.25, 0.3) is 5.56 Å². The van der Waals surface area contributed by atoms with Crippen molar-refractivity contribution in [3.05, 3.63) is 33.2 Å². The summed E-state index contributed by atoms with van der Waals surface area (Å²) in [6.07, 6.45) is 4.50. The van der Waals surface area contributed by atoms with E-state index in [9.17, 15) is 4.79 Å². The Morgan fingerprint density at radius 2 is 2.19 bits per heavy atom. The minimum absolute atomic E-state index is 0.223. The molecule has 0 amide bonds. The Morgan fingerprint density at radius 1 is 1.43 bits per heavy atom. The molecule has 0 radical (unpaired) electrons. The molecule has 0 bridgehead atoms. The molecule has 0 saturated heterocycles. The molecule has 0 aromatic carbocycles. The van der Waals surface area contributed by atoms with Crippen LogP contribution < -0.4 is 10.9 Å². The first-order valence-electron chi connectivity index (χ1n) is 8.28. The van der Waals surface area contributed by atoms with E-state index in [1.54, 1.807) is 0 Å². The quantitative estimate of drug-likeness (QED) is 0.901. The highest BCUT2D eigenvalue weighted by Gasteiger charge is 2.24. The monoisotopic (exact) mass is 289 g/mol. The second-order valence-electron chi connectivity index (χ2n) is 6.72. The van der Waals surface area contributed by atoms with Gasteiger partial charge in [0.05, 0.1) is 0 Å². The molecule has 4 nitrogen and oxygen atoms in total. The zero-order chi connectivity index (χ0) is 15.0.